The molecule has 0 atom stereocenters. The molecule has 0 spiro atoms. The van der Waals surface area contributed by atoms with Crippen LogP contribution in [0.25, 0.3) is 0 Å². The van der Waals surface area contributed by atoms with Crippen molar-refractivity contribution in [3.8, 4) is 0 Å². The van der Waals surface area contributed by atoms with Crippen molar-refractivity contribution in [1.82, 2.24) is 5.32 Å². The van der Waals surface area contributed by atoms with Gasteiger partial charge < -0.3 is 47.9 Å². The van der Waals surface area contributed by atoms with E-state index in [1.807, 2.05) is 0 Å². The highest BCUT2D eigenvalue weighted by Gasteiger charge is 2.12. The minimum Gasteiger partial charge on any atom is -0.379 e. The SMILES string of the molecule is ClCCCCCCOCCOCCOCCOCCOCCOCCOCCOCCOC1CCNCC1. The van der Waals surface area contributed by atoms with Gasteiger partial charge in [0.1, 0.15) is 0 Å². The number of ether oxygens (including phenoxy) is 9. The van der Waals surface area contributed by atoms with Crippen LogP contribution in [0.3, 0.4) is 0 Å². The summed E-state index contributed by atoms with van der Waals surface area (Å²) in [6.07, 6.45) is 7.07. The number of nitrogens with one attached hydrogen (secondary N) is 1. The number of hydrogen-bond acceptors (Lipinski definition) is 10. The van der Waals surface area contributed by atoms with Crippen molar-refractivity contribution in [2.24, 2.45) is 0 Å². The summed E-state index contributed by atoms with van der Waals surface area (Å²) in [6, 6.07) is 0. The van der Waals surface area contributed by atoms with E-state index in [2.05, 4.69) is 5.32 Å². The van der Waals surface area contributed by atoms with Crippen molar-refractivity contribution in [3.63, 3.8) is 0 Å². The van der Waals surface area contributed by atoms with Gasteiger partial charge in [-0.1, -0.05) is 12.8 Å². The molecule has 0 aromatic carbocycles. The van der Waals surface area contributed by atoms with Gasteiger partial charge in [0.25, 0.3) is 0 Å². The van der Waals surface area contributed by atoms with Crippen LogP contribution in [0.5, 0.6) is 0 Å². The van der Waals surface area contributed by atoms with Crippen molar-refractivity contribution >= 4 is 11.6 Å². The van der Waals surface area contributed by atoms with Crippen LogP contribution in [0.1, 0.15) is 38.5 Å². The number of halogens is 1. The highest BCUT2D eigenvalue weighted by Crippen LogP contribution is 2.06. The zero-order valence-corrected chi connectivity index (χ0v) is 24.3. The van der Waals surface area contributed by atoms with E-state index in [4.69, 9.17) is 54.2 Å². The molecule has 0 aliphatic carbocycles. The molecule has 10 nitrogen and oxygen atoms in total. The quantitative estimate of drug-likeness (QED) is 0.0988. The molecule has 0 unspecified atom stereocenters. The summed E-state index contributed by atoms with van der Waals surface area (Å²) in [5, 5.41) is 3.33. The smallest absolute Gasteiger partial charge is 0.0704 e. The minimum absolute atomic E-state index is 0.378. The van der Waals surface area contributed by atoms with Crippen LogP contribution in [-0.2, 0) is 42.6 Å². The summed E-state index contributed by atoms with van der Waals surface area (Å²) in [5.41, 5.74) is 0. The molecule has 1 saturated heterocycles. The van der Waals surface area contributed by atoms with E-state index in [1.54, 1.807) is 0 Å². The molecule has 0 bridgehead atoms. The lowest BCUT2D eigenvalue weighted by atomic mass is 10.1. The summed E-state index contributed by atoms with van der Waals surface area (Å²) in [4.78, 5) is 0. The predicted molar refractivity (Wildman–Crippen MR) is 148 cm³/mol. The van der Waals surface area contributed by atoms with E-state index >= 15 is 0 Å². The maximum absolute atomic E-state index is 5.78. The van der Waals surface area contributed by atoms with Crippen molar-refractivity contribution in [3.05, 3.63) is 0 Å². The molecule has 228 valence electrons. The normalized spacial score (nSPS) is 14.4. The molecule has 1 aliphatic rings. The molecule has 1 fully saturated rings. The predicted octanol–water partition coefficient (Wildman–Crippen LogP) is 2.69. The largest absolute Gasteiger partial charge is 0.379 e. The van der Waals surface area contributed by atoms with E-state index < -0.39 is 0 Å². The number of hydrogen-bond donors (Lipinski definition) is 1. The molecule has 11 heteroatoms. The number of alkyl halides is 1. The maximum Gasteiger partial charge on any atom is 0.0704 e. The summed E-state index contributed by atoms with van der Waals surface area (Å²) in [6.45, 7) is 11.9. The second-order valence-electron chi connectivity index (χ2n) is 8.82. The Labute approximate surface area is 235 Å². The Kier molecular flexibility index (Phi) is 29.7. The van der Waals surface area contributed by atoms with Crippen LogP contribution in [0.4, 0.5) is 0 Å². The van der Waals surface area contributed by atoms with Crippen molar-refractivity contribution in [1.29, 1.82) is 0 Å². The van der Waals surface area contributed by atoms with Crippen LogP contribution in [0.15, 0.2) is 0 Å². The molecule has 0 saturated carbocycles. The fraction of sp³-hybridized carbons (Fsp3) is 1.00. The topological polar surface area (TPSA) is 95.1 Å². The number of piperidine rings is 1. The fourth-order valence-electron chi connectivity index (χ4n) is 3.53. The third-order valence-corrected chi connectivity index (χ3v) is 5.91. The summed E-state index contributed by atoms with van der Waals surface area (Å²) in [7, 11) is 0. The monoisotopic (exact) mass is 571 g/mol. The van der Waals surface area contributed by atoms with Crippen molar-refractivity contribution < 1.29 is 42.6 Å². The van der Waals surface area contributed by atoms with Gasteiger partial charge in [-0.15, -0.1) is 11.6 Å². The first-order valence-electron chi connectivity index (χ1n) is 14.4. The molecular formula is C27H54ClNO9. The molecule has 38 heavy (non-hydrogen) atoms. The highest BCUT2D eigenvalue weighted by molar-refractivity contribution is 6.17. The lowest BCUT2D eigenvalue weighted by molar-refractivity contribution is -0.0318. The van der Waals surface area contributed by atoms with Gasteiger partial charge in [-0.2, -0.15) is 0 Å². The van der Waals surface area contributed by atoms with Gasteiger partial charge in [0.2, 0.25) is 0 Å². The lowest BCUT2D eigenvalue weighted by Gasteiger charge is -2.22. The van der Waals surface area contributed by atoms with Crippen LogP contribution in [-0.4, -0.2) is 137 Å². The first-order valence-corrected chi connectivity index (χ1v) is 15.0. The van der Waals surface area contributed by atoms with E-state index in [9.17, 15) is 0 Å². The van der Waals surface area contributed by atoms with Gasteiger partial charge in [0.15, 0.2) is 0 Å². The fourth-order valence-corrected chi connectivity index (χ4v) is 3.72. The van der Waals surface area contributed by atoms with Crippen LogP contribution in [0.2, 0.25) is 0 Å². The van der Waals surface area contributed by atoms with E-state index in [1.165, 1.54) is 12.8 Å². The Morgan fingerprint density at radius 2 is 0.763 bits per heavy atom. The average molecular weight is 572 g/mol. The van der Waals surface area contributed by atoms with Gasteiger partial charge in [-0.25, -0.2) is 0 Å². The van der Waals surface area contributed by atoms with Gasteiger partial charge in [-0.3, -0.25) is 0 Å². The average Bonchev–Trinajstić information content (AvgIpc) is 2.94. The highest BCUT2D eigenvalue weighted by atomic mass is 35.5. The van der Waals surface area contributed by atoms with Gasteiger partial charge >= 0.3 is 0 Å². The Balaban J connectivity index is 1.61. The first kappa shape index (κ1) is 35.9. The lowest BCUT2D eigenvalue weighted by Crippen LogP contribution is -2.33. The molecule has 1 rings (SSSR count). The third kappa shape index (κ3) is 27.5. The van der Waals surface area contributed by atoms with Crippen LogP contribution in [0, 0.1) is 0 Å². The minimum atomic E-state index is 0.378. The molecule has 1 N–H and O–H groups in total. The second kappa shape index (κ2) is 31.4. The Morgan fingerprint density at radius 3 is 1.16 bits per heavy atom. The van der Waals surface area contributed by atoms with E-state index in [0.717, 1.165) is 51.3 Å². The Hall–Kier alpha value is -0.110. The molecule has 0 aromatic heterocycles. The molecule has 0 radical (unpaired) electrons. The van der Waals surface area contributed by atoms with Crippen LogP contribution < -0.4 is 5.32 Å². The second-order valence-corrected chi connectivity index (χ2v) is 9.20. The van der Waals surface area contributed by atoms with Gasteiger partial charge in [0, 0.05) is 12.5 Å². The molecule has 1 heterocycles. The molecule has 0 amide bonds. The Bertz CT molecular complexity index is 449. The molecule has 1 aliphatic heterocycles. The summed E-state index contributed by atoms with van der Waals surface area (Å²) < 4.78 is 49.7. The van der Waals surface area contributed by atoms with Crippen molar-refractivity contribution in [2.45, 2.75) is 44.6 Å². The van der Waals surface area contributed by atoms with Crippen LogP contribution >= 0.6 is 11.6 Å². The number of rotatable bonds is 31. The van der Waals surface area contributed by atoms with E-state index in [0.29, 0.717) is 112 Å². The van der Waals surface area contributed by atoms with Gasteiger partial charge in [-0.05, 0) is 38.8 Å². The van der Waals surface area contributed by atoms with E-state index in [-0.39, 0.29) is 0 Å². The first-order chi connectivity index (χ1) is 18.9. The zero-order valence-electron chi connectivity index (χ0n) is 23.5. The standard InChI is InChI=1S/C27H54ClNO9/c28-7-3-1-2-4-10-30-11-12-31-13-14-32-15-16-33-17-18-34-19-20-35-21-22-36-23-24-37-25-26-38-27-5-8-29-9-6-27/h27,29H,1-26H2. The molecule has 0 aromatic rings. The Morgan fingerprint density at radius 1 is 0.421 bits per heavy atom. The number of unbranched alkanes of at least 4 members (excludes halogenated alkanes) is 3. The third-order valence-electron chi connectivity index (χ3n) is 5.64. The maximum atomic E-state index is 5.78. The summed E-state index contributed by atoms with van der Waals surface area (Å²) in [5.74, 6) is 0.749. The molecular weight excluding hydrogens is 518 g/mol. The van der Waals surface area contributed by atoms with Gasteiger partial charge in [0.05, 0.1) is 112 Å². The zero-order chi connectivity index (χ0) is 27.0. The van der Waals surface area contributed by atoms with Crippen molar-refractivity contribution in [2.75, 3.05) is 131 Å². The summed E-state index contributed by atoms with van der Waals surface area (Å²) >= 11 is 5.65.